The highest BCUT2D eigenvalue weighted by molar-refractivity contribution is 9.10. The summed E-state index contributed by atoms with van der Waals surface area (Å²) in [5.74, 6) is -0.826. The smallest absolute Gasteiger partial charge is 0.145 e. The number of hydrogen-bond donors (Lipinski definition) is 1. The van der Waals surface area contributed by atoms with Gasteiger partial charge in [0.05, 0.1) is 9.50 Å². The second-order valence-corrected chi connectivity index (χ2v) is 5.32. The quantitative estimate of drug-likeness (QED) is 0.815. The predicted molar refractivity (Wildman–Crippen MR) is 77.9 cm³/mol. The molecule has 2 aromatic rings. The molecule has 0 aromatic heterocycles. The van der Waals surface area contributed by atoms with E-state index < -0.39 is 17.7 Å². The molecule has 2 aromatic carbocycles. The first-order valence-electron chi connectivity index (χ1n) is 5.78. The van der Waals surface area contributed by atoms with Gasteiger partial charge < -0.3 is 10.5 Å². The van der Waals surface area contributed by atoms with Crippen molar-refractivity contribution in [2.45, 2.75) is 6.10 Å². The van der Waals surface area contributed by atoms with E-state index in [0.717, 1.165) is 6.07 Å². The average molecular weight is 363 g/mol. The molecule has 0 saturated carbocycles. The maximum Gasteiger partial charge on any atom is 0.145 e. The van der Waals surface area contributed by atoms with E-state index in [2.05, 4.69) is 15.9 Å². The van der Waals surface area contributed by atoms with Gasteiger partial charge >= 0.3 is 0 Å². The lowest BCUT2D eigenvalue weighted by Gasteiger charge is -2.19. The van der Waals surface area contributed by atoms with Gasteiger partial charge in [-0.05, 0) is 28.1 Å². The normalized spacial score (nSPS) is 12.2. The van der Waals surface area contributed by atoms with Gasteiger partial charge in [-0.1, -0.05) is 29.8 Å². The lowest BCUT2D eigenvalue weighted by Crippen LogP contribution is -2.19. The van der Waals surface area contributed by atoms with E-state index in [-0.39, 0.29) is 17.3 Å². The van der Waals surface area contributed by atoms with E-state index in [0.29, 0.717) is 10.0 Å². The summed E-state index contributed by atoms with van der Waals surface area (Å²) in [5, 5.41) is -0.0283. The zero-order valence-electron chi connectivity index (χ0n) is 10.2. The third kappa shape index (κ3) is 3.29. The molecule has 0 heterocycles. The minimum absolute atomic E-state index is 0.0283. The third-order valence-electron chi connectivity index (χ3n) is 2.71. The minimum Gasteiger partial charge on any atom is -0.483 e. The number of hydrogen-bond acceptors (Lipinski definition) is 2. The molecular weight excluding hydrogens is 352 g/mol. The van der Waals surface area contributed by atoms with Gasteiger partial charge in [0.25, 0.3) is 0 Å². The van der Waals surface area contributed by atoms with Crippen LogP contribution in [0.3, 0.4) is 0 Å². The molecular formula is C14H11BrClF2NO. The van der Waals surface area contributed by atoms with E-state index in [1.54, 1.807) is 18.2 Å². The van der Waals surface area contributed by atoms with Gasteiger partial charge in [-0.3, -0.25) is 0 Å². The number of benzene rings is 2. The molecule has 6 heteroatoms. The highest BCUT2D eigenvalue weighted by Crippen LogP contribution is 2.33. The lowest BCUT2D eigenvalue weighted by atomic mass is 10.1. The first-order chi connectivity index (χ1) is 9.52. The van der Waals surface area contributed by atoms with Gasteiger partial charge in [0.1, 0.15) is 23.5 Å². The summed E-state index contributed by atoms with van der Waals surface area (Å²) in [7, 11) is 0. The summed E-state index contributed by atoms with van der Waals surface area (Å²) in [4.78, 5) is 0. The molecule has 0 saturated heterocycles. The minimum atomic E-state index is -0.715. The fourth-order valence-electron chi connectivity index (χ4n) is 1.72. The Kier molecular flexibility index (Phi) is 4.96. The summed E-state index contributed by atoms with van der Waals surface area (Å²) in [6.07, 6.45) is -0.715. The first kappa shape index (κ1) is 15.2. The Hall–Kier alpha value is -1.17. The van der Waals surface area contributed by atoms with Crippen LogP contribution in [0, 0.1) is 11.6 Å². The molecule has 0 aliphatic rings. The van der Waals surface area contributed by atoms with E-state index in [4.69, 9.17) is 22.1 Å². The fourth-order valence-corrected chi connectivity index (χ4v) is 2.45. The Morgan fingerprint density at radius 2 is 1.90 bits per heavy atom. The molecule has 0 spiro atoms. The van der Waals surface area contributed by atoms with Crippen LogP contribution in [0.25, 0.3) is 0 Å². The van der Waals surface area contributed by atoms with Gasteiger partial charge in [-0.15, -0.1) is 0 Å². The van der Waals surface area contributed by atoms with Crippen LogP contribution in [0.1, 0.15) is 11.7 Å². The summed E-state index contributed by atoms with van der Waals surface area (Å²) in [6, 6.07) is 8.66. The molecule has 0 aliphatic carbocycles. The molecule has 20 heavy (non-hydrogen) atoms. The molecule has 0 aliphatic heterocycles. The monoisotopic (exact) mass is 361 g/mol. The van der Waals surface area contributed by atoms with Gasteiger partial charge in [-0.25, -0.2) is 8.78 Å². The Bertz CT molecular complexity index is 624. The molecule has 0 fully saturated rings. The van der Waals surface area contributed by atoms with Crippen molar-refractivity contribution in [3.63, 3.8) is 0 Å². The van der Waals surface area contributed by atoms with Crippen LogP contribution in [0.5, 0.6) is 5.75 Å². The molecule has 0 bridgehead atoms. The summed E-state index contributed by atoms with van der Waals surface area (Å²) < 4.78 is 33.2. The van der Waals surface area contributed by atoms with Gasteiger partial charge in [0, 0.05) is 18.2 Å². The van der Waals surface area contributed by atoms with Crippen molar-refractivity contribution in [3.8, 4) is 5.75 Å². The average Bonchev–Trinajstić information content (AvgIpc) is 2.42. The van der Waals surface area contributed by atoms with Crippen LogP contribution in [-0.2, 0) is 0 Å². The molecule has 2 nitrogen and oxygen atoms in total. The standard InChI is InChI=1S/C14H11BrClF2NO/c15-9-5-10(16)12(18)6-13(9)20-14(7-19)8-3-1-2-4-11(8)17/h1-6,14H,7,19H2. The molecule has 0 amide bonds. The number of halogens is 4. The zero-order valence-corrected chi connectivity index (χ0v) is 12.6. The van der Waals surface area contributed by atoms with E-state index in [1.807, 2.05) is 0 Å². The Balaban J connectivity index is 2.32. The molecule has 1 unspecified atom stereocenters. The van der Waals surface area contributed by atoms with Crippen LogP contribution in [0.15, 0.2) is 40.9 Å². The second-order valence-electron chi connectivity index (χ2n) is 4.06. The molecule has 2 rings (SSSR count). The summed E-state index contributed by atoms with van der Waals surface area (Å²) in [6.45, 7) is 0.0532. The van der Waals surface area contributed by atoms with E-state index in [9.17, 15) is 8.78 Å². The third-order valence-corrected chi connectivity index (χ3v) is 3.62. The van der Waals surface area contributed by atoms with Crippen molar-refractivity contribution in [2.75, 3.05) is 6.54 Å². The molecule has 2 N–H and O–H groups in total. The van der Waals surface area contributed by atoms with Crippen molar-refractivity contribution in [3.05, 3.63) is 63.1 Å². The van der Waals surface area contributed by atoms with Crippen LogP contribution in [-0.4, -0.2) is 6.54 Å². The van der Waals surface area contributed by atoms with Crippen LogP contribution >= 0.6 is 27.5 Å². The van der Waals surface area contributed by atoms with Crippen molar-refractivity contribution in [1.29, 1.82) is 0 Å². The summed E-state index contributed by atoms with van der Waals surface area (Å²) in [5.41, 5.74) is 5.93. The predicted octanol–water partition coefficient (Wildman–Crippen LogP) is 4.46. The summed E-state index contributed by atoms with van der Waals surface area (Å²) >= 11 is 8.87. The van der Waals surface area contributed by atoms with Crippen molar-refractivity contribution in [2.24, 2.45) is 5.73 Å². The van der Waals surface area contributed by atoms with Crippen LogP contribution < -0.4 is 10.5 Å². The number of nitrogens with two attached hydrogens (primary N) is 1. The van der Waals surface area contributed by atoms with Gasteiger partial charge in [-0.2, -0.15) is 0 Å². The zero-order chi connectivity index (χ0) is 14.7. The lowest BCUT2D eigenvalue weighted by molar-refractivity contribution is 0.207. The van der Waals surface area contributed by atoms with E-state index >= 15 is 0 Å². The molecule has 1 atom stereocenters. The number of ether oxygens (including phenoxy) is 1. The fraction of sp³-hybridized carbons (Fsp3) is 0.143. The van der Waals surface area contributed by atoms with Crippen molar-refractivity contribution in [1.82, 2.24) is 0 Å². The maximum absolute atomic E-state index is 13.7. The molecule has 0 radical (unpaired) electrons. The van der Waals surface area contributed by atoms with Crippen molar-refractivity contribution < 1.29 is 13.5 Å². The highest BCUT2D eigenvalue weighted by Gasteiger charge is 2.18. The van der Waals surface area contributed by atoms with E-state index in [1.165, 1.54) is 12.1 Å². The second kappa shape index (κ2) is 6.52. The number of rotatable bonds is 4. The van der Waals surface area contributed by atoms with Crippen LogP contribution in [0.4, 0.5) is 8.78 Å². The largest absolute Gasteiger partial charge is 0.483 e. The Morgan fingerprint density at radius 3 is 2.55 bits per heavy atom. The SMILES string of the molecule is NCC(Oc1cc(F)c(Cl)cc1Br)c1ccccc1F. The molecule has 106 valence electrons. The van der Waals surface area contributed by atoms with Crippen molar-refractivity contribution >= 4 is 27.5 Å². The topological polar surface area (TPSA) is 35.2 Å². The Morgan fingerprint density at radius 1 is 1.20 bits per heavy atom. The Labute approximate surface area is 128 Å². The van der Waals surface area contributed by atoms with Gasteiger partial charge in [0.2, 0.25) is 0 Å². The van der Waals surface area contributed by atoms with Crippen LogP contribution in [0.2, 0.25) is 5.02 Å². The highest BCUT2D eigenvalue weighted by atomic mass is 79.9. The maximum atomic E-state index is 13.7. The first-order valence-corrected chi connectivity index (χ1v) is 6.95. The van der Waals surface area contributed by atoms with Gasteiger partial charge in [0.15, 0.2) is 0 Å².